The summed E-state index contributed by atoms with van der Waals surface area (Å²) in [4.78, 5) is 24.3. The van der Waals surface area contributed by atoms with E-state index in [2.05, 4.69) is 0 Å². The van der Waals surface area contributed by atoms with Crippen LogP contribution in [0.5, 0.6) is 0 Å². The lowest BCUT2D eigenvalue weighted by Crippen LogP contribution is -2.29. The summed E-state index contributed by atoms with van der Waals surface area (Å²) in [5.74, 6) is -0.478. The van der Waals surface area contributed by atoms with Crippen molar-refractivity contribution in [3.05, 3.63) is 35.9 Å². The molecule has 0 saturated heterocycles. The van der Waals surface area contributed by atoms with Crippen molar-refractivity contribution >= 4 is 22.5 Å². The van der Waals surface area contributed by atoms with Gasteiger partial charge in [0.05, 0.1) is 5.75 Å². The summed E-state index contributed by atoms with van der Waals surface area (Å²) in [6.45, 7) is 0. The molecule has 0 aliphatic rings. The predicted octanol–water partition coefficient (Wildman–Crippen LogP) is 0.635. The molecule has 0 saturated carbocycles. The van der Waals surface area contributed by atoms with E-state index in [0.29, 0.717) is 0 Å². The number of nitrogens with zero attached hydrogens (tertiary/aromatic N) is 1. The summed E-state index contributed by atoms with van der Waals surface area (Å²) < 4.78 is 11.6. The summed E-state index contributed by atoms with van der Waals surface area (Å²) >= 11 is 0. The van der Waals surface area contributed by atoms with Gasteiger partial charge in [0.1, 0.15) is 11.5 Å². The number of amides is 1. The highest BCUT2D eigenvalue weighted by Gasteiger charge is 2.13. The number of carbonyl (C=O) groups excluding carboxylic acids is 2. The van der Waals surface area contributed by atoms with Crippen LogP contribution >= 0.6 is 0 Å². The van der Waals surface area contributed by atoms with Crippen LogP contribution in [0, 0.1) is 0 Å². The van der Waals surface area contributed by atoms with Gasteiger partial charge < -0.3 is 4.90 Å². The molecule has 1 unspecified atom stereocenters. The Bertz CT molecular complexity index is 443. The molecule has 0 aliphatic carbocycles. The Kier molecular flexibility index (Phi) is 5.71. The zero-order chi connectivity index (χ0) is 13.5. The van der Waals surface area contributed by atoms with Crippen LogP contribution in [0.2, 0.25) is 0 Å². The van der Waals surface area contributed by atoms with Crippen LogP contribution in [-0.4, -0.2) is 46.4 Å². The van der Waals surface area contributed by atoms with Crippen molar-refractivity contribution in [1.29, 1.82) is 0 Å². The molecule has 1 amide bonds. The standard InChI is InChI=1S/C13H17NO3S/c1-14(2)13(16)10-18(17)9-12(15)8-11-6-4-3-5-7-11/h3-7H,8-10H2,1-2H3. The minimum absolute atomic E-state index is 0.0610. The molecule has 5 heteroatoms. The molecule has 0 fully saturated rings. The van der Waals surface area contributed by atoms with Crippen LogP contribution in [0.4, 0.5) is 0 Å². The number of rotatable bonds is 6. The highest BCUT2D eigenvalue weighted by molar-refractivity contribution is 7.86. The quantitative estimate of drug-likeness (QED) is 0.760. The molecule has 0 radical (unpaired) electrons. The molecule has 4 nitrogen and oxygen atoms in total. The van der Waals surface area contributed by atoms with Crippen molar-refractivity contribution in [1.82, 2.24) is 4.90 Å². The van der Waals surface area contributed by atoms with E-state index in [0.717, 1.165) is 5.56 Å². The lowest BCUT2D eigenvalue weighted by atomic mass is 10.1. The van der Waals surface area contributed by atoms with Crippen LogP contribution in [-0.2, 0) is 26.8 Å². The van der Waals surface area contributed by atoms with Crippen molar-refractivity contribution < 1.29 is 13.8 Å². The minimum Gasteiger partial charge on any atom is -0.348 e. The van der Waals surface area contributed by atoms with Crippen molar-refractivity contribution in [2.75, 3.05) is 25.6 Å². The third-order valence-electron chi connectivity index (χ3n) is 2.35. The average molecular weight is 267 g/mol. The van der Waals surface area contributed by atoms with Crippen LogP contribution in [0.3, 0.4) is 0 Å². The summed E-state index contributed by atoms with van der Waals surface area (Å²) in [6.07, 6.45) is 0.267. The van der Waals surface area contributed by atoms with E-state index in [1.54, 1.807) is 14.1 Å². The predicted molar refractivity (Wildman–Crippen MR) is 71.7 cm³/mol. The van der Waals surface area contributed by atoms with E-state index < -0.39 is 10.8 Å². The fourth-order valence-electron chi connectivity index (χ4n) is 1.37. The van der Waals surface area contributed by atoms with Crippen molar-refractivity contribution in [2.24, 2.45) is 0 Å². The van der Waals surface area contributed by atoms with Crippen LogP contribution in [0.25, 0.3) is 0 Å². The number of carbonyl (C=O) groups is 2. The van der Waals surface area contributed by atoms with Gasteiger partial charge in [-0.05, 0) is 5.56 Å². The molecule has 0 spiro atoms. The summed E-state index contributed by atoms with van der Waals surface area (Å²) in [6, 6.07) is 9.30. The molecular formula is C13H17NO3S. The molecule has 1 aromatic carbocycles. The van der Waals surface area contributed by atoms with Gasteiger partial charge in [-0.15, -0.1) is 0 Å². The van der Waals surface area contributed by atoms with Gasteiger partial charge in [-0.3, -0.25) is 13.8 Å². The van der Waals surface area contributed by atoms with E-state index in [4.69, 9.17) is 0 Å². The molecule has 0 aliphatic heterocycles. The van der Waals surface area contributed by atoms with Crippen molar-refractivity contribution in [2.45, 2.75) is 6.42 Å². The minimum atomic E-state index is -1.42. The van der Waals surface area contributed by atoms with Crippen LogP contribution < -0.4 is 0 Å². The van der Waals surface area contributed by atoms with Gasteiger partial charge in [0.25, 0.3) is 0 Å². The smallest absolute Gasteiger partial charge is 0.234 e. The maximum absolute atomic E-state index is 11.7. The summed E-state index contributed by atoms with van der Waals surface area (Å²) in [5, 5.41) is 0. The molecule has 0 N–H and O–H groups in total. The van der Waals surface area contributed by atoms with Crippen LogP contribution in [0.1, 0.15) is 5.56 Å². The molecule has 1 rings (SSSR count). The van der Waals surface area contributed by atoms with Gasteiger partial charge in [0, 0.05) is 31.3 Å². The molecule has 1 aromatic rings. The van der Waals surface area contributed by atoms with Gasteiger partial charge >= 0.3 is 0 Å². The summed E-state index contributed by atoms with van der Waals surface area (Å²) in [7, 11) is 1.79. The molecule has 0 aromatic heterocycles. The lowest BCUT2D eigenvalue weighted by molar-refractivity contribution is -0.125. The second-order valence-electron chi connectivity index (χ2n) is 4.22. The molecule has 98 valence electrons. The highest BCUT2D eigenvalue weighted by atomic mass is 32.2. The maximum atomic E-state index is 11.7. The van der Waals surface area contributed by atoms with Crippen molar-refractivity contribution in [3.63, 3.8) is 0 Å². The normalized spacial score (nSPS) is 11.9. The first-order valence-corrected chi connectivity index (χ1v) is 7.08. The van der Waals surface area contributed by atoms with E-state index in [1.807, 2.05) is 30.3 Å². The number of hydrogen-bond acceptors (Lipinski definition) is 3. The Morgan fingerprint density at radius 1 is 1.11 bits per heavy atom. The Morgan fingerprint density at radius 2 is 1.72 bits per heavy atom. The fraction of sp³-hybridized carbons (Fsp3) is 0.385. The molecule has 1 atom stereocenters. The maximum Gasteiger partial charge on any atom is 0.234 e. The zero-order valence-corrected chi connectivity index (χ0v) is 11.4. The van der Waals surface area contributed by atoms with Gasteiger partial charge in [0.2, 0.25) is 5.91 Å². The van der Waals surface area contributed by atoms with Gasteiger partial charge in [0.15, 0.2) is 0 Å². The van der Waals surface area contributed by atoms with E-state index in [1.165, 1.54) is 4.90 Å². The third kappa shape index (κ3) is 5.23. The first-order valence-electron chi connectivity index (χ1n) is 5.60. The third-order valence-corrected chi connectivity index (χ3v) is 3.56. The first-order chi connectivity index (χ1) is 8.49. The fourth-order valence-corrected chi connectivity index (χ4v) is 2.47. The Balaban J connectivity index is 2.41. The number of Topliss-reactive ketones (excluding diaryl/α,β-unsaturated/α-hetero) is 1. The van der Waals surface area contributed by atoms with E-state index in [-0.39, 0.29) is 29.6 Å². The highest BCUT2D eigenvalue weighted by Crippen LogP contribution is 2.01. The number of hydrogen-bond donors (Lipinski definition) is 0. The SMILES string of the molecule is CN(C)C(=O)CS(=O)CC(=O)Cc1ccccc1. The van der Waals surface area contributed by atoms with Crippen molar-refractivity contribution in [3.8, 4) is 0 Å². The molecule has 18 heavy (non-hydrogen) atoms. The Hall–Kier alpha value is -1.49. The van der Waals surface area contributed by atoms with Gasteiger partial charge in [-0.1, -0.05) is 30.3 Å². The second-order valence-corrected chi connectivity index (χ2v) is 5.67. The Morgan fingerprint density at radius 3 is 2.28 bits per heavy atom. The molecule has 0 bridgehead atoms. The lowest BCUT2D eigenvalue weighted by Gasteiger charge is -2.09. The van der Waals surface area contributed by atoms with E-state index >= 15 is 0 Å². The van der Waals surface area contributed by atoms with Crippen LogP contribution in [0.15, 0.2) is 30.3 Å². The number of ketones is 1. The topological polar surface area (TPSA) is 54.5 Å². The summed E-state index contributed by atoms with van der Waals surface area (Å²) in [5.41, 5.74) is 0.901. The largest absolute Gasteiger partial charge is 0.348 e. The van der Waals surface area contributed by atoms with E-state index in [9.17, 15) is 13.8 Å². The second kappa shape index (κ2) is 7.06. The van der Waals surface area contributed by atoms with Gasteiger partial charge in [-0.25, -0.2) is 0 Å². The average Bonchev–Trinajstić information content (AvgIpc) is 2.29. The zero-order valence-electron chi connectivity index (χ0n) is 10.6. The van der Waals surface area contributed by atoms with Gasteiger partial charge in [-0.2, -0.15) is 0 Å². The first kappa shape index (κ1) is 14.6. The molecule has 0 heterocycles. The Labute approximate surface area is 109 Å². The number of benzene rings is 1. The molecular weight excluding hydrogens is 250 g/mol. The monoisotopic (exact) mass is 267 g/mol.